The fourth-order valence-corrected chi connectivity index (χ4v) is 4.09. The summed E-state index contributed by atoms with van der Waals surface area (Å²) in [6.07, 6.45) is 6.63. The Hall–Kier alpha value is -0.610. The maximum absolute atomic E-state index is 12.5. The molecule has 0 aromatic rings. The van der Waals surface area contributed by atoms with E-state index in [1.54, 1.807) is 0 Å². The third kappa shape index (κ3) is 2.16. The number of carbonyl (C=O) groups is 1. The third-order valence-electron chi connectivity index (χ3n) is 5.03. The molecule has 4 unspecified atom stereocenters. The van der Waals surface area contributed by atoms with E-state index in [4.69, 9.17) is 4.74 Å². The van der Waals surface area contributed by atoms with Gasteiger partial charge in [0.2, 0.25) is 5.91 Å². The molecule has 1 amide bonds. The number of rotatable bonds is 2. The summed E-state index contributed by atoms with van der Waals surface area (Å²) in [4.78, 5) is 14.7. The molecule has 1 N–H and O–H groups in total. The van der Waals surface area contributed by atoms with Gasteiger partial charge in [-0.3, -0.25) is 4.79 Å². The molecule has 3 aliphatic rings. The Bertz CT molecular complexity index is 321. The second kappa shape index (κ2) is 5.17. The van der Waals surface area contributed by atoms with Crippen molar-refractivity contribution in [3.8, 4) is 0 Å². The molecule has 1 saturated heterocycles. The molecule has 3 rings (SSSR count). The van der Waals surface area contributed by atoms with Gasteiger partial charge in [-0.15, -0.1) is 0 Å². The van der Waals surface area contributed by atoms with Crippen LogP contribution in [-0.4, -0.2) is 49.7 Å². The SMILES string of the molecule is CNC1COCCN(C2CC3CCCC2C3)C1=O. The number of amides is 1. The normalized spacial score (nSPS) is 40.9. The number of carbonyl (C=O) groups excluding carboxylic acids is 1. The minimum Gasteiger partial charge on any atom is -0.377 e. The van der Waals surface area contributed by atoms with Gasteiger partial charge in [0.15, 0.2) is 0 Å². The minimum atomic E-state index is -0.145. The van der Waals surface area contributed by atoms with E-state index in [-0.39, 0.29) is 11.9 Å². The van der Waals surface area contributed by atoms with E-state index in [2.05, 4.69) is 10.2 Å². The maximum atomic E-state index is 12.5. The molecule has 1 aliphatic heterocycles. The van der Waals surface area contributed by atoms with Crippen LogP contribution in [0.5, 0.6) is 0 Å². The number of nitrogens with one attached hydrogen (secondary N) is 1. The van der Waals surface area contributed by atoms with Gasteiger partial charge in [0.1, 0.15) is 6.04 Å². The molecule has 0 spiro atoms. The molecule has 18 heavy (non-hydrogen) atoms. The van der Waals surface area contributed by atoms with Gasteiger partial charge in [-0.1, -0.05) is 12.8 Å². The van der Waals surface area contributed by atoms with E-state index in [0.717, 1.165) is 18.4 Å². The van der Waals surface area contributed by atoms with Crippen LogP contribution in [0.25, 0.3) is 0 Å². The van der Waals surface area contributed by atoms with Gasteiger partial charge >= 0.3 is 0 Å². The molecule has 2 bridgehead atoms. The molecular formula is C14H24N2O2. The van der Waals surface area contributed by atoms with E-state index in [1.807, 2.05) is 7.05 Å². The van der Waals surface area contributed by atoms with E-state index in [1.165, 1.54) is 32.1 Å². The zero-order chi connectivity index (χ0) is 12.5. The van der Waals surface area contributed by atoms with Crippen LogP contribution in [0.15, 0.2) is 0 Å². The van der Waals surface area contributed by atoms with Crippen LogP contribution in [0.2, 0.25) is 0 Å². The highest BCUT2D eigenvalue weighted by Gasteiger charge is 2.43. The molecule has 2 saturated carbocycles. The first-order valence-corrected chi connectivity index (χ1v) is 7.35. The first kappa shape index (κ1) is 12.4. The number of ether oxygens (including phenoxy) is 1. The van der Waals surface area contributed by atoms with Crippen LogP contribution in [-0.2, 0) is 9.53 Å². The summed E-state index contributed by atoms with van der Waals surface area (Å²) in [6.45, 7) is 2.00. The largest absolute Gasteiger partial charge is 0.377 e. The van der Waals surface area contributed by atoms with E-state index >= 15 is 0 Å². The fourth-order valence-electron chi connectivity index (χ4n) is 4.09. The van der Waals surface area contributed by atoms with Gasteiger partial charge in [-0.2, -0.15) is 0 Å². The lowest BCUT2D eigenvalue weighted by Crippen LogP contribution is -2.50. The van der Waals surface area contributed by atoms with Gasteiger partial charge in [0.05, 0.1) is 13.2 Å². The summed E-state index contributed by atoms with van der Waals surface area (Å²) >= 11 is 0. The van der Waals surface area contributed by atoms with Crippen molar-refractivity contribution in [2.75, 3.05) is 26.8 Å². The molecular weight excluding hydrogens is 228 g/mol. The molecule has 3 fully saturated rings. The molecule has 4 heteroatoms. The number of likely N-dealkylation sites (N-methyl/N-ethyl adjacent to an activating group) is 1. The molecule has 0 aromatic heterocycles. The molecule has 4 atom stereocenters. The number of nitrogens with zero attached hydrogens (tertiary/aromatic N) is 1. The molecule has 4 nitrogen and oxygen atoms in total. The van der Waals surface area contributed by atoms with Gasteiger partial charge in [0.25, 0.3) is 0 Å². The lowest BCUT2D eigenvalue weighted by Gasteiger charge is -2.33. The smallest absolute Gasteiger partial charge is 0.242 e. The van der Waals surface area contributed by atoms with Crippen LogP contribution in [0.3, 0.4) is 0 Å². The van der Waals surface area contributed by atoms with Crippen molar-refractivity contribution in [3.63, 3.8) is 0 Å². The van der Waals surface area contributed by atoms with Crippen LogP contribution >= 0.6 is 0 Å². The molecule has 0 radical (unpaired) electrons. The second-order valence-corrected chi connectivity index (χ2v) is 6.04. The molecule has 0 aromatic carbocycles. The third-order valence-corrected chi connectivity index (χ3v) is 5.03. The first-order chi connectivity index (χ1) is 8.79. The monoisotopic (exact) mass is 252 g/mol. The summed E-state index contributed by atoms with van der Waals surface area (Å²) in [7, 11) is 1.85. The Balaban J connectivity index is 1.75. The summed E-state index contributed by atoms with van der Waals surface area (Å²) in [6, 6.07) is 0.343. The average molecular weight is 252 g/mol. The van der Waals surface area contributed by atoms with Crippen molar-refractivity contribution in [2.45, 2.75) is 44.2 Å². The summed E-state index contributed by atoms with van der Waals surface area (Å²) < 4.78 is 5.54. The number of hydrogen-bond donors (Lipinski definition) is 1. The lowest BCUT2D eigenvalue weighted by atomic mass is 9.88. The van der Waals surface area contributed by atoms with Crippen LogP contribution in [0.4, 0.5) is 0 Å². The Morgan fingerprint density at radius 3 is 3.00 bits per heavy atom. The zero-order valence-electron chi connectivity index (χ0n) is 11.2. The Morgan fingerprint density at radius 1 is 1.33 bits per heavy atom. The van der Waals surface area contributed by atoms with Gasteiger partial charge in [0, 0.05) is 12.6 Å². The van der Waals surface area contributed by atoms with Gasteiger partial charge in [-0.05, 0) is 38.1 Å². The first-order valence-electron chi connectivity index (χ1n) is 7.35. The topological polar surface area (TPSA) is 41.6 Å². The number of fused-ring (bicyclic) bond motifs is 2. The van der Waals surface area contributed by atoms with Crippen molar-refractivity contribution < 1.29 is 9.53 Å². The predicted molar refractivity (Wildman–Crippen MR) is 69.2 cm³/mol. The minimum absolute atomic E-state index is 0.145. The van der Waals surface area contributed by atoms with Crippen molar-refractivity contribution >= 4 is 5.91 Å². The average Bonchev–Trinajstić information content (AvgIpc) is 2.57. The standard InChI is InChI=1S/C14H24N2O2/c1-15-12-9-18-6-5-16(14(12)17)13-8-10-3-2-4-11(13)7-10/h10-13,15H,2-9H2,1H3. The Labute approximate surface area is 109 Å². The summed E-state index contributed by atoms with van der Waals surface area (Å²) in [5.41, 5.74) is 0. The highest BCUT2D eigenvalue weighted by atomic mass is 16.5. The number of hydrogen-bond acceptors (Lipinski definition) is 3. The second-order valence-electron chi connectivity index (χ2n) is 6.04. The fraction of sp³-hybridized carbons (Fsp3) is 0.929. The maximum Gasteiger partial charge on any atom is 0.242 e. The molecule has 2 aliphatic carbocycles. The van der Waals surface area contributed by atoms with Crippen molar-refractivity contribution in [2.24, 2.45) is 11.8 Å². The summed E-state index contributed by atoms with van der Waals surface area (Å²) in [5, 5.41) is 3.09. The predicted octanol–water partition coefficient (Wildman–Crippen LogP) is 1.01. The lowest BCUT2D eigenvalue weighted by molar-refractivity contribution is -0.135. The highest BCUT2D eigenvalue weighted by Crippen LogP contribution is 2.44. The van der Waals surface area contributed by atoms with Gasteiger partial charge < -0.3 is 15.0 Å². The van der Waals surface area contributed by atoms with E-state index in [0.29, 0.717) is 19.3 Å². The Morgan fingerprint density at radius 2 is 2.22 bits per heavy atom. The Kier molecular flexibility index (Phi) is 3.57. The summed E-state index contributed by atoms with van der Waals surface area (Å²) in [5.74, 6) is 1.88. The van der Waals surface area contributed by atoms with E-state index in [9.17, 15) is 4.79 Å². The molecule has 1 heterocycles. The van der Waals surface area contributed by atoms with Crippen LogP contribution in [0.1, 0.15) is 32.1 Å². The quantitative estimate of drug-likeness (QED) is 0.797. The van der Waals surface area contributed by atoms with E-state index < -0.39 is 0 Å². The van der Waals surface area contributed by atoms with Crippen molar-refractivity contribution in [3.05, 3.63) is 0 Å². The van der Waals surface area contributed by atoms with Crippen LogP contribution in [0, 0.1) is 11.8 Å². The molecule has 102 valence electrons. The van der Waals surface area contributed by atoms with Crippen molar-refractivity contribution in [1.29, 1.82) is 0 Å². The zero-order valence-corrected chi connectivity index (χ0v) is 11.2. The highest BCUT2D eigenvalue weighted by molar-refractivity contribution is 5.82. The van der Waals surface area contributed by atoms with Gasteiger partial charge in [-0.25, -0.2) is 0 Å². The van der Waals surface area contributed by atoms with Crippen LogP contribution < -0.4 is 5.32 Å². The van der Waals surface area contributed by atoms with Crippen molar-refractivity contribution in [1.82, 2.24) is 10.2 Å².